The van der Waals surface area contributed by atoms with Crippen LogP contribution in [-0.4, -0.2) is 19.2 Å². The fraction of sp³-hybridized carbons (Fsp3) is 0.278. The van der Waals surface area contributed by atoms with E-state index in [0.29, 0.717) is 13.2 Å². The van der Waals surface area contributed by atoms with Crippen molar-refractivity contribution in [1.82, 2.24) is 5.32 Å². The van der Waals surface area contributed by atoms with E-state index in [2.05, 4.69) is 10.6 Å². The summed E-state index contributed by atoms with van der Waals surface area (Å²) in [6.07, 6.45) is 0. The van der Waals surface area contributed by atoms with Gasteiger partial charge in [-0.3, -0.25) is 0 Å². The normalized spacial score (nSPS) is 10.1. The van der Waals surface area contributed by atoms with Crippen LogP contribution in [0.2, 0.25) is 0 Å². The van der Waals surface area contributed by atoms with Crippen molar-refractivity contribution in [2.75, 3.05) is 18.5 Å². The van der Waals surface area contributed by atoms with E-state index in [9.17, 15) is 4.79 Å². The number of amides is 2. The average Bonchev–Trinajstić information content (AvgIpc) is 2.48. The van der Waals surface area contributed by atoms with Crippen LogP contribution in [0.4, 0.5) is 10.5 Å². The summed E-state index contributed by atoms with van der Waals surface area (Å²) in [5.74, 6) is 0.892. The third-order valence-corrected chi connectivity index (χ3v) is 3.35. The zero-order valence-electron chi connectivity index (χ0n) is 13.3. The molecule has 0 saturated heterocycles. The Hall–Kier alpha value is -2.49. The molecule has 0 aromatic heterocycles. The SMILES string of the molecule is Cc1ccc(NC(=O)NCCOc2c(C)cccc2C)cc1. The van der Waals surface area contributed by atoms with E-state index in [4.69, 9.17) is 4.74 Å². The first-order chi connectivity index (χ1) is 10.6. The zero-order chi connectivity index (χ0) is 15.9. The van der Waals surface area contributed by atoms with Crippen LogP contribution < -0.4 is 15.4 Å². The lowest BCUT2D eigenvalue weighted by atomic mass is 10.1. The molecule has 2 aromatic carbocycles. The maximum atomic E-state index is 11.8. The molecule has 0 unspecified atom stereocenters. The average molecular weight is 298 g/mol. The zero-order valence-corrected chi connectivity index (χ0v) is 13.3. The lowest BCUT2D eigenvalue weighted by molar-refractivity contribution is 0.247. The van der Waals surface area contributed by atoms with Crippen LogP contribution in [-0.2, 0) is 0 Å². The number of urea groups is 1. The minimum absolute atomic E-state index is 0.228. The van der Waals surface area contributed by atoms with Gasteiger partial charge in [0, 0.05) is 5.69 Å². The molecule has 0 fully saturated rings. The van der Waals surface area contributed by atoms with Crippen LogP contribution in [0.1, 0.15) is 16.7 Å². The van der Waals surface area contributed by atoms with Gasteiger partial charge in [0.05, 0.1) is 6.54 Å². The van der Waals surface area contributed by atoms with E-state index in [-0.39, 0.29) is 6.03 Å². The van der Waals surface area contributed by atoms with Gasteiger partial charge in [0.25, 0.3) is 0 Å². The van der Waals surface area contributed by atoms with Gasteiger partial charge in [0.2, 0.25) is 0 Å². The quantitative estimate of drug-likeness (QED) is 0.825. The number of carbonyl (C=O) groups excluding carboxylic acids is 1. The van der Waals surface area contributed by atoms with Crippen LogP contribution >= 0.6 is 0 Å². The third kappa shape index (κ3) is 4.52. The second-order valence-corrected chi connectivity index (χ2v) is 5.32. The Kier molecular flexibility index (Phi) is 5.42. The Balaban J connectivity index is 1.74. The molecular formula is C18H22N2O2. The van der Waals surface area contributed by atoms with E-state index >= 15 is 0 Å². The van der Waals surface area contributed by atoms with Gasteiger partial charge in [0.1, 0.15) is 12.4 Å². The summed E-state index contributed by atoms with van der Waals surface area (Å²) >= 11 is 0. The topological polar surface area (TPSA) is 50.4 Å². The maximum Gasteiger partial charge on any atom is 0.319 e. The number of carbonyl (C=O) groups is 1. The van der Waals surface area contributed by atoms with Gasteiger partial charge in [-0.1, -0.05) is 35.9 Å². The molecule has 0 aliphatic carbocycles. The Labute approximate surface area is 131 Å². The summed E-state index contributed by atoms with van der Waals surface area (Å²) in [6, 6.07) is 13.5. The van der Waals surface area contributed by atoms with E-state index in [0.717, 1.165) is 28.1 Å². The summed E-state index contributed by atoms with van der Waals surface area (Å²) in [5.41, 5.74) is 4.14. The van der Waals surface area contributed by atoms with Gasteiger partial charge in [-0.2, -0.15) is 0 Å². The molecule has 0 saturated carbocycles. The van der Waals surface area contributed by atoms with Crippen molar-refractivity contribution in [3.8, 4) is 5.75 Å². The molecule has 22 heavy (non-hydrogen) atoms. The van der Waals surface area contributed by atoms with Gasteiger partial charge >= 0.3 is 6.03 Å². The predicted octanol–water partition coefficient (Wildman–Crippen LogP) is 3.81. The van der Waals surface area contributed by atoms with E-state index in [1.807, 2.05) is 63.2 Å². The highest BCUT2D eigenvalue weighted by molar-refractivity contribution is 5.89. The minimum atomic E-state index is -0.228. The lowest BCUT2D eigenvalue weighted by Crippen LogP contribution is -2.32. The van der Waals surface area contributed by atoms with Crippen molar-refractivity contribution in [1.29, 1.82) is 0 Å². The van der Waals surface area contributed by atoms with Crippen molar-refractivity contribution < 1.29 is 9.53 Å². The predicted molar refractivity (Wildman–Crippen MR) is 89.6 cm³/mol. The van der Waals surface area contributed by atoms with Crippen molar-refractivity contribution >= 4 is 11.7 Å². The van der Waals surface area contributed by atoms with E-state index in [1.165, 1.54) is 0 Å². The van der Waals surface area contributed by atoms with Gasteiger partial charge in [-0.15, -0.1) is 0 Å². The van der Waals surface area contributed by atoms with Crippen LogP contribution in [0.5, 0.6) is 5.75 Å². The number of benzene rings is 2. The molecule has 2 rings (SSSR count). The molecule has 0 aliphatic heterocycles. The minimum Gasteiger partial charge on any atom is -0.491 e. The van der Waals surface area contributed by atoms with Gasteiger partial charge in [-0.05, 0) is 44.0 Å². The number of rotatable bonds is 5. The Bertz CT molecular complexity index is 616. The molecule has 0 heterocycles. The first-order valence-electron chi connectivity index (χ1n) is 7.37. The highest BCUT2D eigenvalue weighted by Gasteiger charge is 2.04. The number of hydrogen-bond acceptors (Lipinski definition) is 2. The fourth-order valence-electron chi connectivity index (χ4n) is 2.16. The number of anilines is 1. The first-order valence-corrected chi connectivity index (χ1v) is 7.37. The second-order valence-electron chi connectivity index (χ2n) is 5.32. The molecule has 116 valence electrons. The molecule has 2 aromatic rings. The van der Waals surface area contributed by atoms with Gasteiger partial charge in [-0.25, -0.2) is 4.79 Å². The van der Waals surface area contributed by atoms with Crippen molar-refractivity contribution in [2.45, 2.75) is 20.8 Å². The van der Waals surface area contributed by atoms with Crippen LogP contribution in [0.25, 0.3) is 0 Å². The molecule has 0 radical (unpaired) electrons. The molecule has 0 spiro atoms. The molecule has 2 N–H and O–H groups in total. The van der Waals surface area contributed by atoms with Crippen LogP contribution in [0.3, 0.4) is 0 Å². The molecule has 0 bridgehead atoms. The molecule has 0 atom stereocenters. The van der Waals surface area contributed by atoms with Gasteiger partial charge < -0.3 is 15.4 Å². The highest BCUT2D eigenvalue weighted by Crippen LogP contribution is 2.21. The summed E-state index contributed by atoms with van der Waals surface area (Å²) in [5, 5.41) is 5.56. The largest absolute Gasteiger partial charge is 0.491 e. The summed E-state index contributed by atoms with van der Waals surface area (Å²) in [7, 11) is 0. The lowest BCUT2D eigenvalue weighted by Gasteiger charge is -2.12. The summed E-state index contributed by atoms with van der Waals surface area (Å²) in [6.45, 7) is 6.92. The third-order valence-electron chi connectivity index (χ3n) is 3.35. The number of nitrogens with one attached hydrogen (secondary N) is 2. The molecular weight excluding hydrogens is 276 g/mol. The molecule has 4 heteroatoms. The summed E-state index contributed by atoms with van der Waals surface area (Å²) < 4.78 is 5.74. The van der Waals surface area contributed by atoms with E-state index in [1.54, 1.807) is 0 Å². The van der Waals surface area contributed by atoms with Crippen LogP contribution in [0.15, 0.2) is 42.5 Å². The van der Waals surface area contributed by atoms with Crippen molar-refractivity contribution in [2.24, 2.45) is 0 Å². The number of hydrogen-bond donors (Lipinski definition) is 2. The number of para-hydroxylation sites is 1. The maximum absolute atomic E-state index is 11.8. The molecule has 2 amide bonds. The van der Waals surface area contributed by atoms with Gasteiger partial charge in [0.15, 0.2) is 0 Å². The number of ether oxygens (including phenoxy) is 1. The van der Waals surface area contributed by atoms with Crippen LogP contribution in [0, 0.1) is 20.8 Å². The number of aryl methyl sites for hydroxylation is 3. The highest BCUT2D eigenvalue weighted by atomic mass is 16.5. The molecule has 4 nitrogen and oxygen atoms in total. The summed E-state index contributed by atoms with van der Waals surface area (Å²) in [4.78, 5) is 11.8. The fourth-order valence-corrected chi connectivity index (χ4v) is 2.16. The first kappa shape index (κ1) is 15.9. The Morgan fingerprint density at radius 1 is 1.00 bits per heavy atom. The van der Waals surface area contributed by atoms with E-state index < -0.39 is 0 Å². The Morgan fingerprint density at radius 2 is 1.64 bits per heavy atom. The van der Waals surface area contributed by atoms with Crippen molar-refractivity contribution in [3.05, 3.63) is 59.2 Å². The smallest absolute Gasteiger partial charge is 0.319 e. The van der Waals surface area contributed by atoms with Crippen molar-refractivity contribution in [3.63, 3.8) is 0 Å². The molecule has 0 aliphatic rings. The Morgan fingerprint density at radius 3 is 2.27 bits per heavy atom. The second kappa shape index (κ2) is 7.50. The monoisotopic (exact) mass is 298 g/mol. The standard InChI is InChI=1S/C18H22N2O2/c1-13-7-9-16(10-8-13)20-18(21)19-11-12-22-17-14(2)5-4-6-15(17)3/h4-10H,11-12H2,1-3H3,(H2,19,20,21).